The molecule has 0 aromatic heterocycles. The SMILES string of the molecule is CC/C=C\C/C=C\C/C=C\C/C=C\CCCCCCCCCCCCCCCCCCCCCCCCC(=O)NC(CO)C(O)/C=C/CC/C=C/CCCCCCCCCCCCCCCCCCC. The molecule has 0 aliphatic heterocycles. The van der Waals surface area contributed by atoms with Gasteiger partial charge < -0.3 is 15.5 Å². The first-order valence-corrected chi connectivity index (χ1v) is 31.2. The van der Waals surface area contributed by atoms with E-state index >= 15 is 0 Å². The number of aliphatic hydroxyl groups excluding tert-OH is 2. The van der Waals surface area contributed by atoms with Gasteiger partial charge in [-0.1, -0.05) is 318 Å². The van der Waals surface area contributed by atoms with Crippen molar-refractivity contribution in [2.75, 3.05) is 6.61 Å². The van der Waals surface area contributed by atoms with Crippen molar-refractivity contribution in [2.24, 2.45) is 0 Å². The Labute approximate surface area is 438 Å². The summed E-state index contributed by atoms with van der Waals surface area (Å²) in [5.41, 5.74) is 0. The fraction of sp³-hybridized carbons (Fsp3) is 0.803. The highest BCUT2D eigenvalue weighted by atomic mass is 16.3. The number of nitrogens with one attached hydrogen (secondary N) is 1. The molecule has 0 aliphatic carbocycles. The first-order chi connectivity index (χ1) is 34.7. The quantitative estimate of drug-likeness (QED) is 0.0420. The Bertz CT molecular complexity index is 1200. The lowest BCUT2D eigenvalue weighted by molar-refractivity contribution is -0.123. The molecule has 0 aliphatic rings. The molecule has 0 saturated heterocycles. The van der Waals surface area contributed by atoms with Crippen LogP contribution in [0.3, 0.4) is 0 Å². The average molecular weight is 977 g/mol. The lowest BCUT2D eigenvalue weighted by Crippen LogP contribution is -2.45. The fourth-order valence-electron chi connectivity index (χ4n) is 9.48. The Hall–Kier alpha value is -2.17. The molecule has 408 valence electrons. The van der Waals surface area contributed by atoms with E-state index in [2.05, 4.69) is 79.9 Å². The van der Waals surface area contributed by atoms with E-state index < -0.39 is 12.1 Å². The highest BCUT2D eigenvalue weighted by molar-refractivity contribution is 5.76. The molecule has 70 heavy (non-hydrogen) atoms. The maximum absolute atomic E-state index is 12.5. The van der Waals surface area contributed by atoms with Gasteiger partial charge in [0.25, 0.3) is 0 Å². The zero-order valence-electron chi connectivity index (χ0n) is 47.0. The average Bonchev–Trinajstić information content (AvgIpc) is 3.36. The monoisotopic (exact) mass is 976 g/mol. The largest absolute Gasteiger partial charge is 0.394 e. The van der Waals surface area contributed by atoms with Crippen molar-refractivity contribution in [1.82, 2.24) is 5.32 Å². The van der Waals surface area contributed by atoms with Gasteiger partial charge in [-0.3, -0.25) is 4.79 Å². The van der Waals surface area contributed by atoms with Gasteiger partial charge in [0.1, 0.15) is 0 Å². The molecule has 0 aromatic carbocycles. The Morgan fingerprint density at radius 1 is 0.357 bits per heavy atom. The van der Waals surface area contributed by atoms with E-state index in [1.54, 1.807) is 6.08 Å². The topological polar surface area (TPSA) is 69.6 Å². The first kappa shape index (κ1) is 67.8. The van der Waals surface area contributed by atoms with Crippen LogP contribution >= 0.6 is 0 Å². The van der Waals surface area contributed by atoms with Crippen molar-refractivity contribution in [2.45, 2.75) is 334 Å². The van der Waals surface area contributed by atoms with Crippen molar-refractivity contribution in [3.63, 3.8) is 0 Å². The Kier molecular flexibility index (Phi) is 59.2. The number of hydrogen-bond acceptors (Lipinski definition) is 3. The number of allylic oxidation sites excluding steroid dienone is 11. The van der Waals surface area contributed by atoms with Crippen LogP contribution in [0.4, 0.5) is 0 Å². The van der Waals surface area contributed by atoms with Crippen LogP contribution in [0.1, 0.15) is 322 Å². The number of amides is 1. The first-order valence-electron chi connectivity index (χ1n) is 31.2. The predicted octanol–water partition coefficient (Wildman–Crippen LogP) is 20.9. The van der Waals surface area contributed by atoms with E-state index in [1.165, 1.54) is 244 Å². The maximum Gasteiger partial charge on any atom is 0.220 e. The van der Waals surface area contributed by atoms with Crippen LogP contribution in [0.25, 0.3) is 0 Å². The highest BCUT2D eigenvalue weighted by Gasteiger charge is 2.18. The van der Waals surface area contributed by atoms with Gasteiger partial charge >= 0.3 is 0 Å². The van der Waals surface area contributed by atoms with Gasteiger partial charge in [-0.25, -0.2) is 0 Å². The van der Waals surface area contributed by atoms with Gasteiger partial charge in [0.15, 0.2) is 0 Å². The lowest BCUT2D eigenvalue weighted by atomic mass is 10.0. The minimum absolute atomic E-state index is 0.0693. The summed E-state index contributed by atoms with van der Waals surface area (Å²) in [5, 5.41) is 23.2. The number of unbranched alkanes of at least 4 members (excludes halogenated alkanes) is 40. The van der Waals surface area contributed by atoms with Gasteiger partial charge in [0.05, 0.1) is 18.8 Å². The third-order valence-electron chi connectivity index (χ3n) is 14.2. The van der Waals surface area contributed by atoms with E-state index in [4.69, 9.17) is 0 Å². The summed E-state index contributed by atoms with van der Waals surface area (Å²) in [4.78, 5) is 12.5. The van der Waals surface area contributed by atoms with Gasteiger partial charge in [0.2, 0.25) is 5.91 Å². The standard InChI is InChI=1S/C66H121NO3/c1-3-5-7-9-11-13-15-17-19-21-23-25-27-28-29-30-31-32-33-34-35-36-37-38-40-42-44-46-48-50-52-54-56-58-60-62-66(70)67-64(63-68)65(69)61-59-57-55-53-51-49-47-45-43-41-39-26-24-22-20-18-16-14-12-10-8-6-4-2/h5,7,11,13,17,19,23,25,51,53,59,61,64-65,68-69H,3-4,6,8-10,12,14-16,18,20-22,24,26-50,52,54-58,60,62-63H2,1-2H3,(H,67,70)/b7-5-,13-11-,19-17-,25-23-,53-51+,61-59+. The van der Waals surface area contributed by atoms with Crippen molar-refractivity contribution in [1.29, 1.82) is 0 Å². The molecular formula is C66H121NO3. The third-order valence-corrected chi connectivity index (χ3v) is 14.2. The summed E-state index contributed by atoms with van der Waals surface area (Å²) in [6.07, 6.45) is 88.1. The summed E-state index contributed by atoms with van der Waals surface area (Å²) in [6.45, 7) is 4.21. The Morgan fingerprint density at radius 3 is 1.00 bits per heavy atom. The van der Waals surface area contributed by atoms with Gasteiger partial charge in [-0.2, -0.15) is 0 Å². The van der Waals surface area contributed by atoms with Crippen molar-refractivity contribution in [3.8, 4) is 0 Å². The summed E-state index contributed by atoms with van der Waals surface area (Å²) >= 11 is 0. The number of hydrogen-bond donors (Lipinski definition) is 3. The van der Waals surface area contributed by atoms with Crippen molar-refractivity contribution < 1.29 is 15.0 Å². The molecule has 0 rings (SSSR count). The van der Waals surface area contributed by atoms with E-state index in [9.17, 15) is 15.0 Å². The number of rotatable bonds is 57. The molecule has 0 heterocycles. The minimum atomic E-state index is -0.864. The molecule has 3 N–H and O–H groups in total. The fourth-order valence-corrected chi connectivity index (χ4v) is 9.48. The second kappa shape index (κ2) is 61.1. The van der Waals surface area contributed by atoms with Gasteiger partial charge in [-0.15, -0.1) is 0 Å². The Morgan fingerprint density at radius 2 is 0.643 bits per heavy atom. The van der Waals surface area contributed by atoms with Crippen LogP contribution < -0.4 is 5.32 Å². The predicted molar refractivity (Wildman–Crippen MR) is 313 cm³/mol. The Balaban J connectivity index is 3.47. The molecule has 0 fully saturated rings. The van der Waals surface area contributed by atoms with Crippen LogP contribution in [-0.2, 0) is 4.79 Å². The number of carbonyl (C=O) groups is 1. The molecule has 0 saturated carbocycles. The van der Waals surface area contributed by atoms with Gasteiger partial charge in [0, 0.05) is 6.42 Å². The maximum atomic E-state index is 12.5. The molecule has 0 spiro atoms. The zero-order valence-corrected chi connectivity index (χ0v) is 47.0. The highest BCUT2D eigenvalue weighted by Crippen LogP contribution is 2.18. The van der Waals surface area contributed by atoms with Crippen LogP contribution in [-0.4, -0.2) is 34.9 Å². The van der Waals surface area contributed by atoms with E-state index in [1.807, 2.05) is 6.08 Å². The van der Waals surface area contributed by atoms with Crippen molar-refractivity contribution >= 4 is 5.91 Å². The normalized spacial score (nSPS) is 13.3. The summed E-state index contributed by atoms with van der Waals surface area (Å²) in [5.74, 6) is -0.0693. The van der Waals surface area contributed by atoms with Crippen LogP contribution in [0.2, 0.25) is 0 Å². The van der Waals surface area contributed by atoms with Crippen LogP contribution in [0.15, 0.2) is 72.9 Å². The molecule has 2 atom stereocenters. The summed E-state index contributed by atoms with van der Waals surface area (Å²) in [6, 6.07) is -0.641. The smallest absolute Gasteiger partial charge is 0.220 e. The number of carbonyl (C=O) groups excluding carboxylic acids is 1. The number of aliphatic hydroxyl groups is 2. The molecule has 4 nitrogen and oxygen atoms in total. The lowest BCUT2D eigenvalue weighted by Gasteiger charge is -2.19. The van der Waals surface area contributed by atoms with E-state index in [0.29, 0.717) is 6.42 Å². The molecule has 0 aromatic rings. The third kappa shape index (κ3) is 56.7. The molecule has 4 heteroatoms. The molecule has 0 bridgehead atoms. The molecule has 2 unspecified atom stereocenters. The van der Waals surface area contributed by atoms with E-state index in [-0.39, 0.29) is 12.5 Å². The molecule has 0 radical (unpaired) electrons. The summed E-state index contributed by atoms with van der Waals surface area (Å²) in [7, 11) is 0. The van der Waals surface area contributed by atoms with Crippen molar-refractivity contribution in [3.05, 3.63) is 72.9 Å². The van der Waals surface area contributed by atoms with Crippen LogP contribution in [0.5, 0.6) is 0 Å². The molecule has 1 amide bonds. The second-order valence-electron chi connectivity index (χ2n) is 21.1. The van der Waals surface area contributed by atoms with Crippen LogP contribution in [0, 0.1) is 0 Å². The zero-order chi connectivity index (χ0) is 50.6. The van der Waals surface area contributed by atoms with Gasteiger partial charge in [-0.05, 0) is 70.6 Å². The minimum Gasteiger partial charge on any atom is -0.394 e. The molecular weight excluding hydrogens is 855 g/mol. The second-order valence-corrected chi connectivity index (χ2v) is 21.1. The summed E-state index contributed by atoms with van der Waals surface area (Å²) < 4.78 is 0. The van der Waals surface area contributed by atoms with E-state index in [0.717, 1.165) is 57.8 Å².